The van der Waals surface area contributed by atoms with Crippen LogP contribution >= 0.6 is 0 Å². The maximum absolute atomic E-state index is 12.3. The van der Waals surface area contributed by atoms with Gasteiger partial charge in [0.15, 0.2) is 5.58 Å². The van der Waals surface area contributed by atoms with E-state index < -0.39 is 15.8 Å². The van der Waals surface area contributed by atoms with Crippen LogP contribution in [0.3, 0.4) is 0 Å². The Kier molecular flexibility index (Phi) is 4.81. The summed E-state index contributed by atoms with van der Waals surface area (Å²) in [5, 5.41) is 0. The highest BCUT2D eigenvalue weighted by Crippen LogP contribution is 2.16. The van der Waals surface area contributed by atoms with Gasteiger partial charge in [-0.25, -0.2) is 17.9 Å². The fraction of sp³-hybridized carbons (Fsp3) is 0.500. The van der Waals surface area contributed by atoms with Crippen molar-refractivity contribution in [3.63, 3.8) is 0 Å². The zero-order chi connectivity index (χ0) is 16.3. The molecule has 0 atom stereocenters. The molecule has 2 aromatic rings. The number of fused-ring (bicyclic) bond motifs is 1. The van der Waals surface area contributed by atoms with Crippen LogP contribution in [0.4, 0.5) is 0 Å². The highest BCUT2D eigenvalue weighted by molar-refractivity contribution is 7.89. The van der Waals surface area contributed by atoms with E-state index in [0.29, 0.717) is 12.1 Å². The van der Waals surface area contributed by atoms with Crippen molar-refractivity contribution in [2.24, 2.45) is 0 Å². The second kappa shape index (κ2) is 6.83. The average Bonchev–Trinajstić information content (AvgIpc) is 2.92. The van der Waals surface area contributed by atoms with Gasteiger partial charge in [0.25, 0.3) is 0 Å². The SMILES string of the molecule is O=c1[nH]c2ccc(S(=O)(=O)NCCCN3CCOCC3)cc2o1. The number of oxazole rings is 1. The Bertz CT molecular complexity index is 820. The zero-order valence-corrected chi connectivity index (χ0v) is 13.4. The summed E-state index contributed by atoms with van der Waals surface area (Å²) in [6, 6.07) is 4.30. The topological polar surface area (TPSA) is 105 Å². The van der Waals surface area contributed by atoms with Crippen LogP contribution < -0.4 is 10.5 Å². The first-order chi connectivity index (χ1) is 11.0. The molecule has 8 nitrogen and oxygen atoms in total. The number of nitrogens with one attached hydrogen (secondary N) is 2. The van der Waals surface area contributed by atoms with Crippen molar-refractivity contribution in [1.29, 1.82) is 0 Å². The second-order valence-corrected chi connectivity index (χ2v) is 7.14. The largest absolute Gasteiger partial charge is 0.417 e. The van der Waals surface area contributed by atoms with E-state index in [-0.39, 0.29) is 10.5 Å². The summed E-state index contributed by atoms with van der Waals surface area (Å²) in [6.45, 7) is 4.42. The maximum atomic E-state index is 12.3. The van der Waals surface area contributed by atoms with E-state index in [1.807, 2.05) is 0 Å². The normalized spacial score (nSPS) is 16.9. The maximum Gasteiger partial charge on any atom is 0.417 e. The zero-order valence-electron chi connectivity index (χ0n) is 12.6. The summed E-state index contributed by atoms with van der Waals surface area (Å²) in [4.78, 5) is 15.9. The Labute approximate surface area is 133 Å². The molecular formula is C14H19N3O5S. The van der Waals surface area contributed by atoms with Crippen molar-refractivity contribution in [1.82, 2.24) is 14.6 Å². The average molecular weight is 341 g/mol. The lowest BCUT2D eigenvalue weighted by molar-refractivity contribution is 0.0376. The van der Waals surface area contributed by atoms with Crippen LogP contribution in [0.5, 0.6) is 0 Å². The van der Waals surface area contributed by atoms with Gasteiger partial charge in [-0.3, -0.25) is 9.88 Å². The van der Waals surface area contributed by atoms with Gasteiger partial charge in [-0.2, -0.15) is 0 Å². The molecule has 0 radical (unpaired) electrons. The van der Waals surface area contributed by atoms with Gasteiger partial charge in [0.1, 0.15) is 0 Å². The van der Waals surface area contributed by atoms with Gasteiger partial charge in [-0.1, -0.05) is 0 Å². The molecule has 2 heterocycles. The van der Waals surface area contributed by atoms with Gasteiger partial charge in [0.05, 0.1) is 23.6 Å². The number of rotatable bonds is 6. The van der Waals surface area contributed by atoms with Crippen LogP contribution in [0.15, 0.2) is 32.3 Å². The minimum atomic E-state index is -3.61. The Morgan fingerprint density at radius 2 is 2.04 bits per heavy atom. The second-order valence-electron chi connectivity index (χ2n) is 5.38. The van der Waals surface area contributed by atoms with E-state index in [9.17, 15) is 13.2 Å². The molecule has 1 fully saturated rings. The number of morpholine rings is 1. The lowest BCUT2D eigenvalue weighted by Gasteiger charge is -2.26. The van der Waals surface area contributed by atoms with Crippen LogP contribution in [-0.4, -0.2) is 57.7 Å². The number of aromatic amines is 1. The van der Waals surface area contributed by atoms with Gasteiger partial charge in [-0.15, -0.1) is 0 Å². The Hall–Kier alpha value is -1.68. The third-order valence-electron chi connectivity index (χ3n) is 3.75. The van der Waals surface area contributed by atoms with E-state index in [1.54, 1.807) is 0 Å². The molecule has 0 unspecified atom stereocenters. The number of sulfonamides is 1. The molecule has 1 aromatic carbocycles. The van der Waals surface area contributed by atoms with Crippen LogP contribution in [0.25, 0.3) is 11.1 Å². The van der Waals surface area contributed by atoms with Crippen LogP contribution in [0.2, 0.25) is 0 Å². The van der Waals surface area contributed by atoms with Gasteiger partial charge in [0, 0.05) is 25.7 Å². The highest BCUT2D eigenvalue weighted by atomic mass is 32.2. The predicted octanol–water partition coefficient (Wildman–Crippen LogP) is 0.122. The predicted molar refractivity (Wildman–Crippen MR) is 83.9 cm³/mol. The summed E-state index contributed by atoms with van der Waals surface area (Å²) >= 11 is 0. The van der Waals surface area contributed by atoms with Crippen molar-refractivity contribution in [3.8, 4) is 0 Å². The molecular weight excluding hydrogens is 322 g/mol. The number of hydrogen-bond donors (Lipinski definition) is 2. The number of ether oxygens (including phenoxy) is 1. The minimum absolute atomic E-state index is 0.0825. The summed E-state index contributed by atoms with van der Waals surface area (Å²) in [5.74, 6) is -0.604. The quantitative estimate of drug-likeness (QED) is 0.723. The molecule has 0 bridgehead atoms. The Balaban J connectivity index is 1.57. The molecule has 1 aliphatic rings. The van der Waals surface area contributed by atoms with Gasteiger partial charge >= 0.3 is 5.76 Å². The lowest BCUT2D eigenvalue weighted by atomic mass is 10.3. The minimum Gasteiger partial charge on any atom is -0.408 e. The molecule has 126 valence electrons. The molecule has 2 N–H and O–H groups in total. The fourth-order valence-corrected chi connectivity index (χ4v) is 3.60. The number of H-pyrrole nitrogens is 1. The molecule has 1 aliphatic heterocycles. The van der Waals surface area contributed by atoms with E-state index in [4.69, 9.17) is 9.15 Å². The number of aromatic nitrogens is 1. The van der Waals surface area contributed by atoms with Crippen LogP contribution in [-0.2, 0) is 14.8 Å². The first-order valence-electron chi connectivity index (χ1n) is 7.47. The van der Waals surface area contributed by atoms with E-state index in [0.717, 1.165) is 39.3 Å². The molecule has 0 aliphatic carbocycles. The van der Waals surface area contributed by atoms with E-state index >= 15 is 0 Å². The van der Waals surface area contributed by atoms with E-state index in [1.165, 1.54) is 18.2 Å². The van der Waals surface area contributed by atoms with Gasteiger partial charge in [-0.05, 0) is 25.1 Å². The van der Waals surface area contributed by atoms with Crippen molar-refractivity contribution >= 4 is 21.1 Å². The summed E-state index contributed by atoms with van der Waals surface area (Å²) in [5.41, 5.74) is 0.701. The third-order valence-corrected chi connectivity index (χ3v) is 5.21. The van der Waals surface area contributed by atoms with Gasteiger partial charge in [0.2, 0.25) is 10.0 Å². The molecule has 9 heteroatoms. The van der Waals surface area contributed by atoms with Crippen molar-refractivity contribution in [2.45, 2.75) is 11.3 Å². The number of hydrogen-bond acceptors (Lipinski definition) is 6. The molecule has 0 amide bonds. The van der Waals surface area contributed by atoms with Crippen molar-refractivity contribution < 1.29 is 17.6 Å². The summed E-state index contributed by atoms with van der Waals surface area (Å²) in [7, 11) is -3.61. The fourth-order valence-electron chi connectivity index (χ4n) is 2.51. The van der Waals surface area contributed by atoms with Crippen LogP contribution in [0.1, 0.15) is 6.42 Å². The third kappa shape index (κ3) is 3.99. The number of nitrogens with zero attached hydrogens (tertiary/aromatic N) is 1. The van der Waals surface area contributed by atoms with E-state index in [2.05, 4.69) is 14.6 Å². The highest BCUT2D eigenvalue weighted by Gasteiger charge is 2.16. The first-order valence-corrected chi connectivity index (χ1v) is 8.95. The Morgan fingerprint density at radius 1 is 1.26 bits per heavy atom. The monoisotopic (exact) mass is 341 g/mol. The Morgan fingerprint density at radius 3 is 2.83 bits per heavy atom. The molecule has 23 heavy (non-hydrogen) atoms. The molecule has 1 aromatic heterocycles. The van der Waals surface area contributed by atoms with Crippen LogP contribution in [0, 0.1) is 0 Å². The standard InChI is InChI=1S/C14H19N3O5S/c18-14-16-12-3-2-11(10-13(12)22-14)23(19,20)15-4-1-5-17-6-8-21-9-7-17/h2-3,10,15H,1,4-9H2,(H,16,18). The van der Waals surface area contributed by atoms with Gasteiger partial charge < -0.3 is 9.15 Å². The molecule has 3 rings (SSSR count). The molecule has 0 spiro atoms. The smallest absolute Gasteiger partial charge is 0.408 e. The molecule has 1 saturated heterocycles. The summed E-state index contributed by atoms with van der Waals surface area (Å²) < 4.78 is 37.2. The first kappa shape index (κ1) is 16.2. The number of benzene rings is 1. The summed E-state index contributed by atoms with van der Waals surface area (Å²) in [6.07, 6.45) is 0.723. The lowest BCUT2D eigenvalue weighted by Crippen LogP contribution is -2.38. The van der Waals surface area contributed by atoms with Crippen molar-refractivity contribution in [2.75, 3.05) is 39.4 Å². The van der Waals surface area contributed by atoms with Crippen molar-refractivity contribution in [3.05, 3.63) is 28.7 Å². The molecule has 0 saturated carbocycles.